The van der Waals surface area contributed by atoms with Crippen molar-refractivity contribution < 1.29 is 34.2 Å². The smallest absolute Gasteiger partial charge is 0.373 e. The largest absolute Gasteiger partial charge is 0.508 e. The number of fused-ring (bicyclic) bond motifs is 1. The van der Waals surface area contributed by atoms with Crippen molar-refractivity contribution in [2.45, 2.75) is 18.0 Å². The minimum absolute atomic E-state index is 0.135. The number of hydrogen-bond acceptors (Lipinski definition) is 10. The number of aromatic hydroxyl groups is 1. The number of anilines is 3. The van der Waals surface area contributed by atoms with Gasteiger partial charge in [0.2, 0.25) is 14.4 Å². The first-order valence-corrected chi connectivity index (χ1v) is 13.4. The number of hydrogen-bond donors (Lipinski definition) is 7. The van der Waals surface area contributed by atoms with Gasteiger partial charge in [0, 0.05) is 24.3 Å². The highest BCUT2D eigenvalue weighted by molar-refractivity contribution is 7.62. The number of aromatic nitrogens is 4. The molecule has 37 heavy (non-hydrogen) atoms. The molecule has 0 amide bonds. The number of aliphatic hydroxyl groups is 2. The maximum atomic E-state index is 11.7. The molecule has 15 heteroatoms. The van der Waals surface area contributed by atoms with Gasteiger partial charge in [-0.15, -0.1) is 0 Å². The van der Waals surface area contributed by atoms with Crippen molar-refractivity contribution in [2.75, 3.05) is 23.8 Å². The van der Waals surface area contributed by atoms with Gasteiger partial charge in [0.1, 0.15) is 5.75 Å². The first kappa shape index (κ1) is 26.6. The van der Waals surface area contributed by atoms with Crippen molar-refractivity contribution in [1.29, 1.82) is 0 Å². The molecule has 2 aromatic carbocycles. The Morgan fingerprint density at radius 2 is 1.86 bits per heavy atom. The lowest BCUT2D eigenvalue weighted by atomic mass is 10.1. The predicted molar refractivity (Wildman–Crippen MR) is 136 cm³/mol. The molecule has 2 aromatic heterocycles. The van der Waals surface area contributed by atoms with Gasteiger partial charge in [-0.05, 0) is 36.2 Å². The lowest BCUT2D eigenvalue weighted by molar-refractivity contribution is 0.168. The van der Waals surface area contributed by atoms with Gasteiger partial charge in [-0.25, -0.2) is 4.98 Å². The summed E-state index contributed by atoms with van der Waals surface area (Å²) in [6.07, 6.45) is 2.22. The number of rotatable bonds is 11. The second-order valence-electron chi connectivity index (χ2n) is 8.05. The summed E-state index contributed by atoms with van der Waals surface area (Å²) in [5.41, 5.74) is 2.11. The van der Waals surface area contributed by atoms with Crippen LogP contribution < -0.4 is 10.6 Å². The summed E-state index contributed by atoms with van der Waals surface area (Å²) < 4.78 is 24.8. The normalized spacial score (nSPS) is 13.5. The lowest BCUT2D eigenvalue weighted by Gasteiger charge is -2.22. The number of nitrogens with one attached hydrogen (secondary N) is 2. The van der Waals surface area contributed by atoms with Crippen LogP contribution in [0.4, 0.5) is 17.5 Å². The van der Waals surface area contributed by atoms with Crippen LogP contribution in [0, 0.1) is 0 Å². The molecule has 0 fully saturated rings. The molecule has 4 aromatic rings. The quantitative estimate of drug-likeness (QED) is 0.136. The molecule has 1 unspecified atom stereocenters. The summed E-state index contributed by atoms with van der Waals surface area (Å²) in [6.45, 7) is 0.594. The number of phenols is 1. The Kier molecular flexibility index (Phi) is 7.84. The first-order valence-electron chi connectivity index (χ1n) is 11.0. The molecule has 0 bridgehead atoms. The first-order chi connectivity index (χ1) is 17.6. The molecule has 0 aliphatic heterocycles. The molecule has 194 valence electrons. The van der Waals surface area contributed by atoms with E-state index in [1.807, 2.05) is 10.6 Å². The highest BCUT2D eigenvalue weighted by atomic mass is 31.2. The van der Waals surface area contributed by atoms with E-state index in [1.54, 1.807) is 24.5 Å². The second kappa shape index (κ2) is 10.9. The molecule has 0 saturated carbocycles. The van der Waals surface area contributed by atoms with E-state index in [9.17, 15) is 34.2 Å². The second-order valence-corrected chi connectivity index (χ2v) is 11.0. The number of nitrogens with zero attached hydrogens (tertiary/aromatic N) is 4. The maximum Gasteiger partial charge on any atom is 0.373 e. The summed E-state index contributed by atoms with van der Waals surface area (Å²) in [5, 5.41) is 32.3. The summed E-state index contributed by atoms with van der Waals surface area (Å²) in [4.78, 5) is 32.2. The van der Waals surface area contributed by atoms with Crippen molar-refractivity contribution in [2.24, 2.45) is 0 Å². The molecule has 0 aliphatic carbocycles. The zero-order valence-electron chi connectivity index (χ0n) is 19.3. The van der Waals surface area contributed by atoms with E-state index in [-0.39, 0.29) is 30.4 Å². The number of aryl methyl sites for hydroxylation is 2. The molecular formula is C22H24N6O7P2. The van der Waals surface area contributed by atoms with Gasteiger partial charge in [-0.3, -0.25) is 9.13 Å². The molecule has 0 radical (unpaired) electrons. The van der Waals surface area contributed by atoms with Crippen LogP contribution >= 0.6 is 16.1 Å². The fourth-order valence-corrected chi connectivity index (χ4v) is 4.76. The van der Waals surface area contributed by atoms with Gasteiger partial charge < -0.3 is 40.3 Å². The lowest BCUT2D eigenvalue weighted by Crippen LogP contribution is -2.18. The molecule has 13 nitrogen and oxygen atoms in total. The Labute approximate surface area is 212 Å². The number of benzene rings is 2. The molecule has 1 atom stereocenters. The number of imidazole rings is 1. The van der Waals surface area contributed by atoms with Gasteiger partial charge in [0.25, 0.3) is 5.08 Å². The van der Waals surface area contributed by atoms with Gasteiger partial charge in [0.15, 0.2) is 17.0 Å². The summed E-state index contributed by atoms with van der Waals surface area (Å²) in [5.74, 6) is 0.736. The number of aliphatic hydroxyl groups excluding tert-OH is 1. The van der Waals surface area contributed by atoms with Gasteiger partial charge in [-0.2, -0.15) is 9.97 Å². The summed E-state index contributed by atoms with van der Waals surface area (Å²) >= 11 is 0. The van der Waals surface area contributed by atoms with Crippen LogP contribution in [-0.4, -0.2) is 57.8 Å². The van der Waals surface area contributed by atoms with Gasteiger partial charge in [-0.1, -0.05) is 24.3 Å². The molecule has 4 rings (SSSR count). The highest BCUT2D eigenvalue weighted by Gasteiger charge is 2.48. The molecule has 0 aliphatic rings. The number of phenolic OH excluding ortho intramolecular Hbond substituents is 1. The average molecular weight is 546 g/mol. The average Bonchev–Trinajstić information content (AvgIpc) is 3.28. The van der Waals surface area contributed by atoms with Crippen LogP contribution in [0.25, 0.3) is 11.2 Å². The van der Waals surface area contributed by atoms with E-state index in [2.05, 4.69) is 25.6 Å². The van der Waals surface area contributed by atoms with E-state index in [1.165, 1.54) is 24.3 Å². The Balaban J connectivity index is 1.64. The van der Waals surface area contributed by atoms with Gasteiger partial charge in [0.05, 0.1) is 12.9 Å². The van der Waals surface area contributed by atoms with Crippen molar-refractivity contribution in [3.8, 4) is 5.75 Å². The maximum absolute atomic E-state index is 11.7. The van der Waals surface area contributed by atoms with Crippen LogP contribution in [0.2, 0.25) is 0 Å². The van der Waals surface area contributed by atoms with E-state index in [4.69, 9.17) is 0 Å². The van der Waals surface area contributed by atoms with Crippen molar-refractivity contribution >= 4 is 44.7 Å². The van der Waals surface area contributed by atoms with Crippen molar-refractivity contribution in [3.63, 3.8) is 0 Å². The Bertz CT molecular complexity index is 1460. The topological polar surface area (TPSA) is 203 Å². The van der Waals surface area contributed by atoms with E-state index < -0.39 is 21.1 Å². The van der Waals surface area contributed by atoms with E-state index in [0.717, 1.165) is 5.56 Å². The van der Waals surface area contributed by atoms with Crippen LogP contribution in [0.5, 0.6) is 5.75 Å². The van der Waals surface area contributed by atoms with Crippen LogP contribution in [-0.2, 0) is 27.2 Å². The fourth-order valence-electron chi connectivity index (χ4n) is 3.59. The zero-order valence-corrected chi connectivity index (χ0v) is 21.0. The third-order valence-electron chi connectivity index (χ3n) is 5.48. The minimum Gasteiger partial charge on any atom is -0.508 e. The minimum atomic E-state index is -5.14. The molecule has 0 spiro atoms. The van der Waals surface area contributed by atoms with E-state index >= 15 is 0 Å². The molecular weight excluding hydrogens is 522 g/mol. The highest BCUT2D eigenvalue weighted by Crippen LogP contribution is 2.61. The van der Waals surface area contributed by atoms with Crippen LogP contribution in [0.1, 0.15) is 11.1 Å². The molecule has 2 heterocycles. The Hall–Kier alpha value is -3.44. The van der Waals surface area contributed by atoms with Crippen LogP contribution in [0.15, 0.2) is 54.9 Å². The monoisotopic (exact) mass is 546 g/mol. The van der Waals surface area contributed by atoms with Crippen molar-refractivity contribution in [1.82, 2.24) is 19.5 Å². The van der Waals surface area contributed by atoms with Crippen molar-refractivity contribution in [3.05, 3.63) is 66.0 Å². The Morgan fingerprint density at radius 3 is 2.51 bits per heavy atom. The van der Waals surface area contributed by atoms with Gasteiger partial charge >= 0.3 is 7.60 Å². The SMILES string of the molecule is O=PC(O)(c1ccc(Nc2nc(NCCO)nc3c2ncn3CCc2cccc(O)c2)cc1)P(=O)(O)O. The standard InChI is InChI=1S/C22H24N6O7P2/c29-11-9-23-21-26-19(25-16-6-4-15(5-7-16)22(31,36-32)37(33,34)35)18-20(27-21)28(13-24-18)10-8-14-2-1-3-17(30)12-14/h1-7,12-13,29-31H,8-11H2,(H2,33,34,35)(H2,23,25,26,27). The molecule has 7 N–H and O–H groups in total. The summed E-state index contributed by atoms with van der Waals surface area (Å²) in [7, 11) is -6.27. The van der Waals surface area contributed by atoms with Crippen LogP contribution in [0.3, 0.4) is 0 Å². The molecule has 0 saturated heterocycles. The zero-order chi connectivity index (χ0) is 26.6. The third kappa shape index (κ3) is 5.78. The summed E-state index contributed by atoms with van der Waals surface area (Å²) in [6, 6.07) is 12.3. The third-order valence-corrected chi connectivity index (χ3v) is 8.09. The van der Waals surface area contributed by atoms with E-state index in [0.29, 0.717) is 35.6 Å². The fraction of sp³-hybridized carbons (Fsp3) is 0.227. The predicted octanol–water partition coefficient (Wildman–Crippen LogP) is 2.49. The Morgan fingerprint density at radius 1 is 1.11 bits per heavy atom.